The Kier molecular flexibility index (Phi) is 4.44. The zero-order valence-corrected chi connectivity index (χ0v) is 10.9. The number of halogens is 1. The first-order valence-corrected chi connectivity index (χ1v) is 6.60. The first kappa shape index (κ1) is 13.2. The normalized spacial score (nSPS) is 22.8. The number of carbonyl (C=O) groups is 1. The number of hydrogen-bond donors (Lipinski definition) is 3. The van der Waals surface area contributed by atoms with E-state index in [0.29, 0.717) is 23.2 Å². The lowest BCUT2D eigenvalue weighted by atomic mass is 10.0. The van der Waals surface area contributed by atoms with Crippen molar-refractivity contribution in [2.75, 3.05) is 11.9 Å². The third-order valence-electron chi connectivity index (χ3n) is 3.40. The molecule has 0 saturated heterocycles. The van der Waals surface area contributed by atoms with E-state index in [2.05, 4.69) is 10.6 Å². The number of amides is 2. The van der Waals surface area contributed by atoms with Crippen molar-refractivity contribution < 1.29 is 4.79 Å². The van der Waals surface area contributed by atoms with Gasteiger partial charge in [-0.25, -0.2) is 4.79 Å². The number of carbonyl (C=O) groups excluding carboxylic acids is 1. The van der Waals surface area contributed by atoms with Crippen molar-refractivity contribution in [2.45, 2.75) is 25.3 Å². The van der Waals surface area contributed by atoms with Gasteiger partial charge in [-0.3, -0.25) is 0 Å². The fraction of sp³-hybridized carbons (Fsp3) is 0.462. The Morgan fingerprint density at radius 1 is 1.39 bits per heavy atom. The highest BCUT2D eigenvalue weighted by Gasteiger charge is 2.27. The SMILES string of the molecule is NCC1CCCC1NC(=O)Nc1ccccc1Cl. The molecule has 1 aliphatic carbocycles. The number of nitrogens with one attached hydrogen (secondary N) is 2. The zero-order valence-electron chi connectivity index (χ0n) is 10.2. The van der Waals surface area contributed by atoms with Crippen LogP contribution in [0.3, 0.4) is 0 Å². The number of nitrogens with two attached hydrogens (primary N) is 1. The van der Waals surface area contributed by atoms with Gasteiger partial charge >= 0.3 is 6.03 Å². The third kappa shape index (κ3) is 3.15. The van der Waals surface area contributed by atoms with Crippen molar-refractivity contribution in [1.82, 2.24) is 5.32 Å². The van der Waals surface area contributed by atoms with Crippen LogP contribution in [0.25, 0.3) is 0 Å². The predicted octanol–water partition coefficient (Wildman–Crippen LogP) is 2.59. The van der Waals surface area contributed by atoms with Gasteiger partial charge in [-0.15, -0.1) is 0 Å². The van der Waals surface area contributed by atoms with Crippen molar-refractivity contribution in [3.8, 4) is 0 Å². The topological polar surface area (TPSA) is 67.1 Å². The maximum Gasteiger partial charge on any atom is 0.319 e. The van der Waals surface area contributed by atoms with E-state index in [1.807, 2.05) is 12.1 Å². The highest BCUT2D eigenvalue weighted by atomic mass is 35.5. The summed E-state index contributed by atoms with van der Waals surface area (Å²) in [5.41, 5.74) is 6.31. The van der Waals surface area contributed by atoms with Gasteiger partial charge < -0.3 is 16.4 Å². The molecule has 18 heavy (non-hydrogen) atoms. The zero-order chi connectivity index (χ0) is 13.0. The number of rotatable bonds is 3. The van der Waals surface area contributed by atoms with E-state index in [1.54, 1.807) is 12.1 Å². The fourth-order valence-corrected chi connectivity index (χ4v) is 2.58. The summed E-state index contributed by atoms with van der Waals surface area (Å²) < 4.78 is 0. The van der Waals surface area contributed by atoms with Crippen LogP contribution in [-0.2, 0) is 0 Å². The summed E-state index contributed by atoms with van der Waals surface area (Å²) in [6.45, 7) is 0.622. The molecule has 98 valence electrons. The van der Waals surface area contributed by atoms with Gasteiger partial charge in [0.2, 0.25) is 0 Å². The highest BCUT2D eigenvalue weighted by molar-refractivity contribution is 6.33. The number of urea groups is 1. The number of anilines is 1. The number of hydrogen-bond acceptors (Lipinski definition) is 2. The molecule has 0 radical (unpaired) electrons. The molecule has 5 heteroatoms. The van der Waals surface area contributed by atoms with Gasteiger partial charge in [-0.05, 0) is 37.4 Å². The molecule has 1 fully saturated rings. The summed E-state index contributed by atoms with van der Waals surface area (Å²) >= 11 is 5.98. The van der Waals surface area contributed by atoms with Crippen LogP contribution in [0.4, 0.5) is 10.5 Å². The summed E-state index contributed by atoms with van der Waals surface area (Å²) in [7, 11) is 0. The second kappa shape index (κ2) is 6.07. The van der Waals surface area contributed by atoms with E-state index in [9.17, 15) is 4.79 Å². The molecule has 1 saturated carbocycles. The molecule has 0 bridgehead atoms. The van der Waals surface area contributed by atoms with Crippen LogP contribution in [0.1, 0.15) is 19.3 Å². The predicted molar refractivity (Wildman–Crippen MR) is 73.8 cm³/mol. The van der Waals surface area contributed by atoms with Gasteiger partial charge in [0.1, 0.15) is 0 Å². The van der Waals surface area contributed by atoms with E-state index in [0.717, 1.165) is 19.3 Å². The molecule has 2 rings (SSSR count). The molecule has 1 aliphatic rings. The molecule has 0 aromatic heterocycles. The second-order valence-electron chi connectivity index (χ2n) is 4.61. The molecule has 2 unspecified atom stereocenters. The first-order valence-electron chi connectivity index (χ1n) is 6.23. The summed E-state index contributed by atoms with van der Waals surface area (Å²) in [6.07, 6.45) is 3.21. The molecule has 4 N–H and O–H groups in total. The largest absolute Gasteiger partial charge is 0.335 e. The van der Waals surface area contributed by atoms with Crippen molar-refractivity contribution in [3.05, 3.63) is 29.3 Å². The molecule has 4 nitrogen and oxygen atoms in total. The summed E-state index contributed by atoms with van der Waals surface area (Å²) in [5.74, 6) is 0.391. The Balaban J connectivity index is 1.91. The van der Waals surface area contributed by atoms with Crippen molar-refractivity contribution in [1.29, 1.82) is 0 Å². The van der Waals surface area contributed by atoms with Gasteiger partial charge in [-0.1, -0.05) is 30.2 Å². The minimum Gasteiger partial charge on any atom is -0.335 e. The molecule has 0 spiro atoms. The van der Waals surface area contributed by atoms with Crippen molar-refractivity contribution in [2.24, 2.45) is 11.7 Å². The molecule has 2 amide bonds. The van der Waals surface area contributed by atoms with E-state index in [-0.39, 0.29) is 12.1 Å². The Morgan fingerprint density at radius 2 is 2.17 bits per heavy atom. The van der Waals surface area contributed by atoms with Crippen LogP contribution < -0.4 is 16.4 Å². The Labute approximate surface area is 112 Å². The smallest absolute Gasteiger partial charge is 0.319 e. The lowest BCUT2D eigenvalue weighted by Gasteiger charge is -2.19. The van der Waals surface area contributed by atoms with Crippen molar-refractivity contribution >= 4 is 23.3 Å². The van der Waals surface area contributed by atoms with Crippen LogP contribution in [-0.4, -0.2) is 18.6 Å². The average molecular weight is 268 g/mol. The molecule has 1 aromatic carbocycles. The van der Waals surface area contributed by atoms with Crippen LogP contribution in [0.2, 0.25) is 5.02 Å². The second-order valence-corrected chi connectivity index (χ2v) is 5.02. The lowest BCUT2D eigenvalue weighted by Crippen LogP contribution is -2.42. The van der Waals surface area contributed by atoms with Gasteiger partial charge in [0, 0.05) is 6.04 Å². The fourth-order valence-electron chi connectivity index (χ4n) is 2.40. The molecule has 1 aromatic rings. The Hall–Kier alpha value is -1.26. The lowest BCUT2D eigenvalue weighted by molar-refractivity contribution is 0.245. The molecular weight excluding hydrogens is 250 g/mol. The third-order valence-corrected chi connectivity index (χ3v) is 3.73. The summed E-state index contributed by atoms with van der Waals surface area (Å²) in [4.78, 5) is 11.9. The molecule has 2 atom stereocenters. The van der Waals surface area contributed by atoms with Crippen LogP contribution in [0, 0.1) is 5.92 Å². The average Bonchev–Trinajstić information content (AvgIpc) is 2.79. The molecule has 0 heterocycles. The van der Waals surface area contributed by atoms with Crippen LogP contribution >= 0.6 is 11.6 Å². The standard InChI is InChI=1S/C13H18ClN3O/c14-10-5-1-2-6-12(10)17-13(18)16-11-7-3-4-9(11)8-15/h1-2,5-6,9,11H,3-4,7-8,15H2,(H2,16,17,18). The molecule has 0 aliphatic heterocycles. The van der Waals surface area contributed by atoms with Gasteiger partial charge in [0.25, 0.3) is 0 Å². The quantitative estimate of drug-likeness (QED) is 0.788. The van der Waals surface area contributed by atoms with E-state index in [1.165, 1.54) is 0 Å². The first-order chi connectivity index (χ1) is 8.70. The monoisotopic (exact) mass is 267 g/mol. The summed E-state index contributed by atoms with van der Waals surface area (Å²) in [6, 6.07) is 7.14. The maximum atomic E-state index is 11.9. The Bertz CT molecular complexity index is 424. The minimum atomic E-state index is -0.214. The van der Waals surface area contributed by atoms with Crippen molar-refractivity contribution in [3.63, 3.8) is 0 Å². The maximum absolute atomic E-state index is 11.9. The summed E-state index contributed by atoms with van der Waals surface area (Å²) in [5, 5.41) is 6.26. The van der Waals surface area contributed by atoms with Gasteiger partial charge in [-0.2, -0.15) is 0 Å². The molecular formula is C13H18ClN3O. The highest BCUT2D eigenvalue weighted by Crippen LogP contribution is 2.25. The minimum absolute atomic E-state index is 0.178. The van der Waals surface area contributed by atoms with E-state index in [4.69, 9.17) is 17.3 Å². The van der Waals surface area contributed by atoms with E-state index >= 15 is 0 Å². The van der Waals surface area contributed by atoms with Crippen LogP contribution in [0.15, 0.2) is 24.3 Å². The van der Waals surface area contributed by atoms with Gasteiger partial charge in [0.05, 0.1) is 10.7 Å². The van der Waals surface area contributed by atoms with E-state index < -0.39 is 0 Å². The number of para-hydroxylation sites is 1. The number of benzene rings is 1. The van der Waals surface area contributed by atoms with Gasteiger partial charge in [0.15, 0.2) is 0 Å². The Morgan fingerprint density at radius 3 is 2.89 bits per heavy atom. The van der Waals surface area contributed by atoms with Crippen LogP contribution in [0.5, 0.6) is 0 Å².